The van der Waals surface area contributed by atoms with E-state index in [9.17, 15) is 0 Å². The first kappa shape index (κ1) is 14.6. The number of rotatable bonds is 3. The van der Waals surface area contributed by atoms with E-state index < -0.39 is 0 Å². The Kier molecular flexibility index (Phi) is 4.82. The molecule has 0 aromatic heterocycles. The van der Waals surface area contributed by atoms with E-state index in [1.807, 2.05) is 43.3 Å². The molecule has 0 spiro atoms. The highest BCUT2D eigenvalue weighted by Gasteiger charge is 2.08. The number of hydrogen-bond donors (Lipinski definition) is 2. The quantitative estimate of drug-likeness (QED) is 0.820. The molecule has 2 aromatic carbocycles. The third-order valence-corrected chi connectivity index (χ3v) is 3.37. The molecule has 2 aromatic rings. The Morgan fingerprint density at radius 3 is 2.50 bits per heavy atom. The van der Waals surface area contributed by atoms with Crippen molar-refractivity contribution in [1.29, 1.82) is 0 Å². The summed E-state index contributed by atoms with van der Waals surface area (Å²) in [5.74, 6) is 0.651. The van der Waals surface area contributed by atoms with Crippen LogP contribution in [0.5, 0.6) is 5.75 Å². The van der Waals surface area contributed by atoms with Crippen LogP contribution in [0.15, 0.2) is 42.5 Å². The average Bonchev–Trinajstić information content (AvgIpc) is 2.43. The first-order chi connectivity index (χ1) is 9.60. The van der Waals surface area contributed by atoms with Crippen LogP contribution in [-0.2, 0) is 0 Å². The summed E-state index contributed by atoms with van der Waals surface area (Å²) < 4.78 is 5.30. The molecule has 20 heavy (non-hydrogen) atoms. The fourth-order valence-electron chi connectivity index (χ4n) is 1.74. The van der Waals surface area contributed by atoms with Crippen molar-refractivity contribution in [3.05, 3.63) is 53.1 Å². The molecule has 2 N–H and O–H groups in total. The van der Waals surface area contributed by atoms with Crippen molar-refractivity contribution < 1.29 is 4.74 Å². The number of nitrogens with one attached hydrogen (secondary N) is 2. The standard InChI is InChI=1S/C15H15ClN2OS/c1-10-8-13(14(19-2)9-12(10)16)18-15(20)17-11-6-4-3-5-7-11/h3-9H,1-2H3,(H2,17,18,20). The number of ether oxygens (including phenoxy) is 1. The molecule has 0 radical (unpaired) electrons. The topological polar surface area (TPSA) is 33.3 Å². The zero-order valence-corrected chi connectivity index (χ0v) is 12.8. The molecule has 0 unspecified atom stereocenters. The van der Waals surface area contributed by atoms with Crippen LogP contribution >= 0.6 is 23.8 Å². The van der Waals surface area contributed by atoms with Gasteiger partial charge in [-0.2, -0.15) is 0 Å². The maximum atomic E-state index is 6.07. The van der Waals surface area contributed by atoms with Crippen molar-refractivity contribution in [3.8, 4) is 5.75 Å². The molecule has 3 nitrogen and oxygen atoms in total. The van der Waals surface area contributed by atoms with Gasteiger partial charge < -0.3 is 15.4 Å². The normalized spacial score (nSPS) is 9.95. The number of hydrogen-bond acceptors (Lipinski definition) is 2. The van der Waals surface area contributed by atoms with Crippen LogP contribution in [0.25, 0.3) is 0 Å². The smallest absolute Gasteiger partial charge is 0.175 e. The third-order valence-electron chi connectivity index (χ3n) is 2.76. The third kappa shape index (κ3) is 3.62. The van der Waals surface area contributed by atoms with Crippen molar-refractivity contribution >= 4 is 40.3 Å². The average molecular weight is 307 g/mol. The van der Waals surface area contributed by atoms with Gasteiger partial charge in [-0.15, -0.1) is 0 Å². The van der Waals surface area contributed by atoms with Gasteiger partial charge in [-0.3, -0.25) is 0 Å². The van der Waals surface area contributed by atoms with Crippen LogP contribution in [0, 0.1) is 6.92 Å². The molecule has 0 atom stereocenters. The number of aryl methyl sites for hydroxylation is 1. The Morgan fingerprint density at radius 1 is 1.15 bits per heavy atom. The lowest BCUT2D eigenvalue weighted by molar-refractivity contribution is 0.417. The zero-order valence-electron chi connectivity index (χ0n) is 11.2. The highest BCUT2D eigenvalue weighted by Crippen LogP contribution is 2.31. The predicted molar refractivity (Wildman–Crippen MR) is 89.0 cm³/mol. The minimum Gasteiger partial charge on any atom is -0.495 e. The van der Waals surface area contributed by atoms with Crippen LogP contribution in [0.2, 0.25) is 5.02 Å². The van der Waals surface area contributed by atoms with E-state index in [2.05, 4.69) is 10.6 Å². The molecule has 5 heteroatoms. The van der Waals surface area contributed by atoms with Gasteiger partial charge in [-0.25, -0.2) is 0 Å². The van der Waals surface area contributed by atoms with Crippen molar-refractivity contribution in [2.75, 3.05) is 17.7 Å². The maximum absolute atomic E-state index is 6.07. The van der Waals surface area contributed by atoms with E-state index in [0.29, 0.717) is 15.9 Å². The largest absolute Gasteiger partial charge is 0.495 e. The van der Waals surface area contributed by atoms with Crippen LogP contribution < -0.4 is 15.4 Å². The van der Waals surface area contributed by atoms with Crippen molar-refractivity contribution in [1.82, 2.24) is 0 Å². The van der Waals surface area contributed by atoms with Gasteiger partial charge in [0, 0.05) is 16.8 Å². The fourth-order valence-corrected chi connectivity index (χ4v) is 2.12. The summed E-state index contributed by atoms with van der Waals surface area (Å²) in [5.41, 5.74) is 2.66. The predicted octanol–water partition coefficient (Wildman–Crippen LogP) is 4.47. The highest BCUT2D eigenvalue weighted by atomic mass is 35.5. The van der Waals surface area contributed by atoms with Crippen LogP contribution in [0.1, 0.15) is 5.56 Å². The molecule has 0 aliphatic heterocycles. The summed E-state index contributed by atoms with van der Waals surface area (Å²) in [4.78, 5) is 0. The molecule has 0 fully saturated rings. The minimum atomic E-state index is 0.497. The second-order valence-corrected chi connectivity index (χ2v) is 5.06. The summed E-state index contributed by atoms with van der Waals surface area (Å²) in [6, 6.07) is 13.4. The summed E-state index contributed by atoms with van der Waals surface area (Å²) in [6.45, 7) is 1.93. The molecule has 0 amide bonds. The van der Waals surface area contributed by atoms with Gasteiger partial charge in [0.1, 0.15) is 5.75 Å². The maximum Gasteiger partial charge on any atom is 0.175 e. The van der Waals surface area contributed by atoms with Gasteiger partial charge in [0.2, 0.25) is 0 Å². The highest BCUT2D eigenvalue weighted by molar-refractivity contribution is 7.80. The molecule has 104 valence electrons. The Hall–Kier alpha value is -1.78. The molecule has 0 bridgehead atoms. The minimum absolute atomic E-state index is 0.497. The van der Waals surface area contributed by atoms with Gasteiger partial charge in [-0.1, -0.05) is 29.8 Å². The SMILES string of the molecule is COc1cc(Cl)c(C)cc1NC(=S)Nc1ccccc1. The van der Waals surface area contributed by atoms with Gasteiger partial charge in [0.15, 0.2) is 5.11 Å². The van der Waals surface area contributed by atoms with Gasteiger partial charge in [-0.05, 0) is 42.9 Å². The van der Waals surface area contributed by atoms with Crippen molar-refractivity contribution in [2.24, 2.45) is 0 Å². The summed E-state index contributed by atoms with van der Waals surface area (Å²) in [7, 11) is 1.60. The zero-order chi connectivity index (χ0) is 14.5. The monoisotopic (exact) mass is 306 g/mol. The number of benzene rings is 2. The number of anilines is 2. The summed E-state index contributed by atoms with van der Waals surface area (Å²) in [5, 5.41) is 7.38. The number of para-hydroxylation sites is 1. The summed E-state index contributed by atoms with van der Waals surface area (Å²) in [6.07, 6.45) is 0. The van der Waals surface area contributed by atoms with E-state index in [1.54, 1.807) is 13.2 Å². The first-order valence-electron chi connectivity index (χ1n) is 6.07. The fraction of sp³-hybridized carbons (Fsp3) is 0.133. The molecule has 2 rings (SSSR count). The number of methoxy groups -OCH3 is 1. The molecule has 0 aliphatic carbocycles. The molecular weight excluding hydrogens is 292 g/mol. The molecule has 0 saturated carbocycles. The van der Waals surface area contributed by atoms with E-state index >= 15 is 0 Å². The lowest BCUT2D eigenvalue weighted by Gasteiger charge is -2.14. The van der Waals surface area contributed by atoms with E-state index in [-0.39, 0.29) is 0 Å². The lowest BCUT2D eigenvalue weighted by atomic mass is 10.2. The van der Waals surface area contributed by atoms with Gasteiger partial charge in [0.05, 0.1) is 12.8 Å². The Labute approximate surface area is 128 Å². The Morgan fingerprint density at radius 2 is 1.85 bits per heavy atom. The van der Waals surface area contributed by atoms with Gasteiger partial charge >= 0.3 is 0 Å². The molecule has 0 saturated heterocycles. The van der Waals surface area contributed by atoms with Crippen LogP contribution in [0.3, 0.4) is 0 Å². The summed E-state index contributed by atoms with van der Waals surface area (Å²) >= 11 is 11.4. The molecule has 0 heterocycles. The Balaban J connectivity index is 2.13. The molecule has 0 aliphatic rings. The Bertz CT molecular complexity index is 617. The second kappa shape index (κ2) is 6.59. The van der Waals surface area contributed by atoms with Crippen LogP contribution in [0.4, 0.5) is 11.4 Å². The lowest BCUT2D eigenvalue weighted by Crippen LogP contribution is -2.19. The van der Waals surface area contributed by atoms with Crippen molar-refractivity contribution in [3.63, 3.8) is 0 Å². The number of halogens is 1. The van der Waals surface area contributed by atoms with E-state index in [0.717, 1.165) is 16.9 Å². The van der Waals surface area contributed by atoms with Crippen LogP contribution in [-0.4, -0.2) is 12.2 Å². The first-order valence-corrected chi connectivity index (χ1v) is 6.86. The van der Waals surface area contributed by atoms with E-state index in [4.69, 9.17) is 28.6 Å². The van der Waals surface area contributed by atoms with E-state index in [1.165, 1.54) is 0 Å². The second-order valence-electron chi connectivity index (χ2n) is 4.25. The van der Waals surface area contributed by atoms with Crippen molar-refractivity contribution in [2.45, 2.75) is 6.92 Å². The molecular formula is C15H15ClN2OS. The van der Waals surface area contributed by atoms with Gasteiger partial charge in [0.25, 0.3) is 0 Å². The number of thiocarbonyl (C=S) groups is 1.